The van der Waals surface area contributed by atoms with E-state index in [-0.39, 0.29) is 17.9 Å². The Morgan fingerprint density at radius 3 is 2.62 bits per heavy atom. The maximum Gasteiger partial charge on any atom is 0.291 e. The van der Waals surface area contributed by atoms with Gasteiger partial charge < -0.3 is 14.6 Å². The maximum atomic E-state index is 12.3. The molecule has 0 aromatic carbocycles. The van der Waals surface area contributed by atoms with Gasteiger partial charge in [0.1, 0.15) is 5.75 Å². The number of carbonyl (C=O) groups excluding carboxylic acids is 1. The van der Waals surface area contributed by atoms with Crippen molar-refractivity contribution in [1.82, 2.24) is 29.5 Å². The highest BCUT2D eigenvalue weighted by molar-refractivity contribution is 5.90. The molecular formula is C17H20N6O3. The van der Waals surface area contributed by atoms with Crippen LogP contribution in [0.25, 0.3) is 5.78 Å². The van der Waals surface area contributed by atoms with Crippen LogP contribution in [0.2, 0.25) is 0 Å². The number of hydrogen-bond acceptors (Lipinski definition) is 6. The standard InChI is InChI=1S/C17H20N6O3/c1-10-7-12(3)23-17(19-10)20-15(21-23)16(25)18-5-6-22-11(2)8-13(26-4)9-14(22)24/h7-9H,5-6H2,1-4H3,(H,18,25). The highest BCUT2D eigenvalue weighted by Gasteiger charge is 2.14. The topological polar surface area (TPSA) is 103 Å². The Labute approximate surface area is 149 Å². The first-order valence-corrected chi connectivity index (χ1v) is 8.13. The van der Waals surface area contributed by atoms with E-state index in [1.807, 2.05) is 26.8 Å². The van der Waals surface area contributed by atoms with Crippen LogP contribution in [-0.2, 0) is 6.54 Å². The smallest absolute Gasteiger partial charge is 0.291 e. The molecule has 0 saturated heterocycles. The molecule has 3 aromatic heterocycles. The summed E-state index contributed by atoms with van der Waals surface area (Å²) in [6.07, 6.45) is 0. The van der Waals surface area contributed by atoms with Crippen molar-refractivity contribution in [2.45, 2.75) is 27.3 Å². The van der Waals surface area contributed by atoms with Gasteiger partial charge in [-0.05, 0) is 32.9 Å². The predicted molar refractivity (Wildman–Crippen MR) is 94.6 cm³/mol. The lowest BCUT2D eigenvalue weighted by atomic mass is 10.3. The van der Waals surface area contributed by atoms with Crippen LogP contribution in [0.15, 0.2) is 23.0 Å². The summed E-state index contributed by atoms with van der Waals surface area (Å²) in [6.45, 7) is 6.15. The van der Waals surface area contributed by atoms with Gasteiger partial charge in [0.25, 0.3) is 17.2 Å². The second kappa shape index (κ2) is 6.95. The number of hydrogen-bond donors (Lipinski definition) is 1. The SMILES string of the molecule is COc1cc(C)n(CCNC(=O)c2nc3nc(C)cc(C)n3n2)c(=O)c1. The number of methoxy groups -OCH3 is 1. The lowest BCUT2D eigenvalue weighted by Gasteiger charge is -2.11. The summed E-state index contributed by atoms with van der Waals surface area (Å²) in [5.74, 6) is 0.534. The lowest BCUT2D eigenvalue weighted by Crippen LogP contribution is -2.32. The Balaban J connectivity index is 1.70. The number of amides is 1. The molecule has 0 spiro atoms. The van der Waals surface area contributed by atoms with Crippen molar-refractivity contribution in [3.8, 4) is 5.75 Å². The fourth-order valence-electron chi connectivity index (χ4n) is 2.73. The normalized spacial score (nSPS) is 10.9. The molecule has 0 fully saturated rings. The largest absolute Gasteiger partial charge is 0.496 e. The second-order valence-electron chi connectivity index (χ2n) is 5.97. The first kappa shape index (κ1) is 17.6. The lowest BCUT2D eigenvalue weighted by molar-refractivity contribution is 0.0942. The zero-order valence-corrected chi connectivity index (χ0v) is 15.1. The van der Waals surface area contributed by atoms with Crippen LogP contribution in [0.3, 0.4) is 0 Å². The van der Waals surface area contributed by atoms with Crippen molar-refractivity contribution in [3.05, 3.63) is 51.5 Å². The Bertz CT molecular complexity index is 1040. The molecule has 0 aliphatic carbocycles. The third kappa shape index (κ3) is 3.41. The third-order valence-electron chi connectivity index (χ3n) is 3.99. The monoisotopic (exact) mass is 356 g/mol. The van der Waals surface area contributed by atoms with Crippen molar-refractivity contribution < 1.29 is 9.53 Å². The van der Waals surface area contributed by atoms with Crippen molar-refractivity contribution in [1.29, 1.82) is 0 Å². The predicted octanol–water partition coefficient (Wildman–Crippen LogP) is 0.650. The van der Waals surface area contributed by atoms with Gasteiger partial charge in [0.15, 0.2) is 0 Å². The number of fused-ring (bicyclic) bond motifs is 1. The van der Waals surface area contributed by atoms with Gasteiger partial charge in [-0.2, -0.15) is 4.98 Å². The number of nitrogens with one attached hydrogen (secondary N) is 1. The van der Waals surface area contributed by atoms with Gasteiger partial charge >= 0.3 is 0 Å². The molecule has 3 rings (SSSR count). The second-order valence-corrected chi connectivity index (χ2v) is 5.97. The Hall–Kier alpha value is -3.23. The van der Waals surface area contributed by atoms with Gasteiger partial charge in [0, 0.05) is 36.2 Å². The van der Waals surface area contributed by atoms with Crippen molar-refractivity contribution in [2.75, 3.05) is 13.7 Å². The summed E-state index contributed by atoms with van der Waals surface area (Å²) < 4.78 is 8.16. The molecule has 0 atom stereocenters. The molecule has 0 saturated carbocycles. The fourth-order valence-corrected chi connectivity index (χ4v) is 2.73. The number of ether oxygens (including phenoxy) is 1. The number of aromatic nitrogens is 5. The fraction of sp³-hybridized carbons (Fsp3) is 0.353. The van der Waals surface area contributed by atoms with Crippen molar-refractivity contribution >= 4 is 11.7 Å². The van der Waals surface area contributed by atoms with Gasteiger partial charge in [-0.25, -0.2) is 9.50 Å². The van der Waals surface area contributed by atoms with Crippen LogP contribution in [0, 0.1) is 20.8 Å². The van der Waals surface area contributed by atoms with Crippen molar-refractivity contribution in [3.63, 3.8) is 0 Å². The van der Waals surface area contributed by atoms with E-state index in [0.717, 1.165) is 17.1 Å². The van der Waals surface area contributed by atoms with Crippen LogP contribution in [-0.4, -0.2) is 43.7 Å². The molecule has 1 N–H and O–H groups in total. The van der Waals surface area contributed by atoms with Crippen LogP contribution in [0.5, 0.6) is 5.75 Å². The van der Waals surface area contributed by atoms with Crippen LogP contribution >= 0.6 is 0 Å². The van der Waals surface area contributed by atoms with E-state index in [1.165, 1.54) is 17.7 Å². The molecule has 9 nitrogen and oxygen atoms in total. The average molecular weight is 356 g/mol. The molecule has 0 aliphatic rings. The molecule has 0 bridgehead atoms. The highest BCUT2D eigenvalue weighted by atomic mass is 16.5. The van der Waals surface area contributed by atoms with Gasteiger partial charge in [-0.15, -0.1) is 5.10 Å². The first-order chi connectivity index (χ1) is 12.4. The van der Waals surface area contributed by atoms with Gasteiger partial charge in [-0.3, -0.25) is 9.59 Å². The van der Waals surface area contributed by atoms with E-state index < -0.39 is 5.91 Å². The summed E-state index contributed by atoms with van der Waals surface area (Å²) in [7, 11) is 1.51. The number of nitrogens with zero attached hydrogens (tertiary/aromatic N) is 5. The minimum absolute atomic E-state index is 0.0463. The summed E-state index contributed by atoms with van der Waals surface area (Å²) in [5, 5.41) is 6.91. The summed E-state index contributed by atoms with van der Waals surface area (Å²) in [4.78, 5) is 32.8. The molecule has 1 amide bonds. The minimum Gasteiger partial charge on any atom is -0.496 e. The van der Waals surface area contributed by atoms with Crippen LogP contribution in [0.1, 0.15) is 27.7 Å². The molecule has 9 heteroatoms. The molecule has 0 aliphatic heterocycles. The van der Waals surface area contributed by atoms with E-state index in [0.29, 0.717) is 18.1 Å². The molecule has 136 valence electrons. The number of rotatable bonds is 5. The Morgan fingerprint density at radius 1 is 1.15 bits per heavy atom. The van der Waals surface area contributed by atoms with Gasteiger partial charge in [-0.1, -0.05) is 0 Å². The van der Waals surface area contributed by atoms with E-state index in [1.54, 1.807) is 10.6 Å². The summed E-state index contributed by atoms with van der Waals surface area (Å²) >= 11 is 0. The molecule has 0 radical (unpaired) electrons. The average Bonchev–Trinajstić information content (AvgIpc) is 3.01. The molecule has 0 unspecified atom stereocenters. The van der Waals surface area contributed by atoms with Gasteiger partial charge in [0.05, 0.1) is 7.11 Å². The van der Waals surface area contributed by atoms with E-state index in [9.17, 15) is 9.59 Å². The van der Waals surface area contributed by atoms with E-state index in [2.05, 4.69) is 20.4 Å². The van der Waals surface area contributed by atoms with Crippen LogP contribution < -0.4 is 15.6 Å². The third-order valence-corrected chi connectivity index (χ3v) is 3.99. The zero-order chi connectivity index (χ0) is 18.8. The number of aryl methyl sites for hydroxylation is 3. The number of carbonyl (C=O) groups is 1. The summed E-state index contributed by atoms with van der Waals surface area (Å²) in [6, 6.07) is 5.04. The minimum atomic E-state index is -0.410. The quantitative estimate of drug-likeness (QED) is 0.720. The Kier molecular flexibility index (Phi) is 4.70. The van der Waals surface area contributed by atoms with E-state index >= 15 is 0 Å². The van der Waals surface area contributed by atoms with Crippen molar-refractivity contribution in [2.24, 2.45) is 0 Å². The molecule has 3 heterocycles. The van der Waals surface area contributed by atoms with Gasteiger partial charge in [0.2, 0.25) is 5.82 Å². The Morgan fingerprint density at radius 2 is 1.92 bits per heavy atom. The first-order valence-electron chi connectivity index (χ1n) is 8.13. The molecule has 26 heavy (non-hydrogen) atoms. The van der Waals surface area contributed by atoms with Crippen LogP contribution in [0.4, 0.5) is 0 Å². The molecular weight excluding hydrogens is 336 g/mol. The zero-order valence-electron chi connectivity index (χ0n) is 15.1. The molecule has 3 aromatic rings. The van der Waals surface area contributed by atoms with E-state index in [4.69, 9.17) is 4.74 Å². The summed E-state index contributed by atoms with van der Waals surface area (Å²) in [5.41, 5.74) is 2.23. The maximum absolute atomic E-state index is 12.3. The highest BCUT2D eigenvalue weighted by Crippen LogP contribution is 2.08. The number of pyridine rings is 1.